The van der Waals surface area contributed by atoms with Crippen LogP contribution < -0.4 is 10.1 Å². The summed E-state index contributed by atoms with van der Waals surface area (Å²) in [7, 11) is 3.47. The third-order valence-electron chi connectivity index (χ3n) is 3.10. The zero-order valence-corrected chi connectivity index (χ0v) is 15.3. The largest absolute Gasteiger partial charge is 0.491 e. The van der Waals surface area contributed by atoms with Crippen LogP contribution >= 0.6 is 27.5 Å². The molecule has 0 unspecified atom stereocenters. The van der Waals surface area contributed by atoms with Gasteiger partial charge in [0.2, 0.25) is 0 Å². The highest BCUT2D eigenvalue weighted by Crippen LogP contribution is 2.27. The summed E-state index contributed by atoms with van der Waals surface area (Å²) in [5, 5.41) is 3.90. The molecule has 1 amide bonds. The van der Waals surface area contributed by atoms with Gasteiger partial charge in [-0.05, 0) is 52.3 Å². The maximum Gasteiger partial charge on any atom is 0.253 e. The van der Waals surface area contributed by atoms with E-state index in [2.05, 4.69) is 21.2 Å². The first kappa shape index (κ1) is 17.6. The van der Waals surface area contributed by atoms with Gasteiger partial charge in [0.1, 0.15) is 12.4 Å². The number of amides is 1. The molecule has 0 aliphatic rings. The van der Waals surface area contributed by atoms with Gasteiger partial charge in [0.25, 0.3) is 5.91 Å². The van der Waals surface area contributed by atoms with Gasteiger partial charge in [0.15, 0.2) is 0 Å². The second kappa shape index (κ2) is 8.22. The standard InChI is InChI=1S/C17H18BrClN2O2/c1-21(2)17(22)12-4-3-5-14(10-12)20-8-9-23-16-7-6-13(19)11-15(16)18/h3-7,10-11,20H,8-9H2,1-2H3. The Balaban J connectivity index is 1.87. The molecule has 0 atom stereocenters. The van der Waals surface area contributed by atoms with Crippen molar-refractivity contribution in [2.75, 3.05) is 32.6 Å². The van der Waals surface area contributed by atoms with Crippen LogP contribution in [0.15, 0.2) is 46.9 Å². The number of halogens is 2. The van der Waals surface area contributed by atoms with Gasteiger partial charge in [-0.25, -0.2) is 0 Å². The van der Waals surface area contributed by atoms with Crippen molar-refractivity contribution < 1.29 is 9.53 Å². The lowest BCUT2D eigenvalue weighted by atomic mass is 10.2. The number of ether oxygens (including phenoxy) is 1. The van der Waals surface area contributed by atoms with Crippen molar-refractivity contribution in [1.82, 2.24) is 4.90 Å². The first-order valence-electron chi connectivity index (χ1n) is 7.11. The molecule has 122 valence electrons. The maximum absolute atomic E-state index is 11.9. The molecule has 0 spiro atoms. The zero-order chi connectivity index (χ0) is 16.8. The smallest absolute Gasteiger partial charge is 0.253 e. The minimum absolute atomic E-state index is 0.0185. The molecule has 0 aromatic heterocycles. The summed E-state index contributed by atoms with van der Waals surface area (Å²) in [6, 6.07) is 12.8. The van der Waals surface area contributed by atoms with Crippen LogP contribution in [0.2, 0.25) is 5.02 Å². The monoisotopic (exact) mass is 396 g/mol. The number of nitrogens with zero attached hydrogens (tertiary/aromatic N) is 1. The topological polar surface area (TPSA) is 41.6 Å². The summed E-state index contributed by atoms with van der Waals surface area (Å²) in [6.07, 6.45) is 0. The first-order valence-corrected chi connectivity index (χ1v) is 8.28. The van der Waals surface area contributed by atoms with E-state index in [1.807, 2.05) is 24.3 Å². The van der Waals surface area contributed by atoms with Crippen LogP contribution in [0.4, 0.5) is 5.69 Å². The van der Waals surface area contributed by atoms with Crippen molar-refractivity contribution in [3.63, 3.8) is 0 Å². The molecule has 4 nitrogen and oxygen atoms in total. The number of rotatable bonds is 6. The molecule has 0 saturated carbocycles. The van der Waals surface area contributed by atoms with Gasteiger partial charge >= 0.3 is 0 Å². The fourth-order valence-electron chi connectivity index (χ4n) is 1.97. The molecule has 0 fully saturated rings. The fourth-order valence-corrected chi connectivity index (χ4v) is 2.77. The molecule has 2 rings (SSSR count). The van der Waals surface area contributed by atoms with Crippen molar-refractivity contribution in [3.8, 4) is 5.75 Å². The first-order chi connectivity index (χ1) is 11.0. The van der Waals surface area contributed by atoms with E-state index in [-0.39, 0.29) is 5.91 Å². The minimum atomic E-state index is -0.0185. The van der Waals surface area contributed by atoms with Gasteiger partial charge in [-0.1, -0.05) is 17.7 Å². The molecule has 2 aromatic rings. The average molecular weight is 398 g/mol. The van der Waals surface area contributed by atoms with Crippen molar-refractivity contribution >= 4 is 39.1 Å². The normalized spacial score (nSPS) is 10.3. The van der Waals surface area contributed by atoms with Crippen LogP contribution in [0.5, 0.6) is 5.75 Å². The van der Waals surface area contributed by atoms with Crippen LogP contribution in [-0.4, -0.2) is 38.1 Å². The third kappa shape index (κ3) is 5.15. The molecule has 23 heavy (non-hydrogen) atoms. The van der Waals surface area contributed by atoms with E-state index >= 15 is 0 Å². The summed E-state index contributed by atoms with van der Waals surface area (Å²) >= 11 is 9.30. The van der Waals surface area contributed by atoms with Gasteiger partial charge in [0.05, 0.1) is 4.47 Å². The fraction of sp³-hybridized carbons (Fsp3) is 0.235. The Kier molecular flexibility index (Phi) is 6.30. The second-order valence-corrected chi connectivity index (χ2v) is 6.42. The number of carbonyl (C=O) groups is 1. The molecule has 0 heterocycles. The second-order valence-electron chi connectivity index (χ2n) is 5.13. The Morgan fingerprint density at radius 3 is 2.74 bits per heavy atom. The highest BCUT2D eigenvalue weighted by atomic mass is 79.9. The van der Waals surface area contributed by atoms with Crippen LogP contribution in [0, 0.1) is 0 Å². The lowest BCUT2D eigenvalue weighted by Crippen LogP contribution is -2.21. The van der Waals surface area contributed by atoms with Crippen molar-refractivity contribution in [2.24, 2.45) is 0 Å². The van der Waals surface area contributed by atoms with Crippen LogP contribution in [0.25, 0.3) is 0 Å². The van der Waals surface area contributed by atoms with E-state index in [4.69, 9.17) is 16.3 Å². The summed E-state index contributed by atoms with van der Waals surface area (Å²) in [6.45, 7) is 1.11. The van der Waals surface area contributed by atoms with E-state index in [0.29, 0.717) is 23.7 Å². The number of hydrogen-bond acceptors (Lipinski definition) is 3. The number of benzene rings is 2. The Hall–Kier alpha value is -1.72. The molecule has 0 saturated heterocycles. The van der Waals surface area contributed by atoms with Gasteiger partial charge < -0.3 is 15.0 Å². The zero-order valence-electron chi connectivity index (χ0n) is 13.0. The minimum Gasteiger partial charge on any atom is -0.491 e. The SMILES string of the molecule is CN(C)C(=O)c1cccc(NCCOc2ccc(Cl)cc2Br)c1. The van der Waals surface area contributed by atoms with Crippen LogP contribution in [0.3, 0.4) is 0 Å². The van der Waals surface area contributed by atoms with Crippen LogP contribution in [-0.2, 0) is 0 Å². The summed E-state index contributed by atoms with van der Waals surface area (Å²) in [5.41, 5.74) is 1.54. The number of nitrogens with one attached hydrogen (secondary N) is 1. The molecule has 0 aliphatic carbocycles. The van der Waals surface area contributed by atoms with Crippen molar-refractivity contribution in [3.05, 3.63) is 57.5 Å². The molecule has 0 radical (unpaired) electrons. The molecule has 0 aliphatic heterocycles. The van der Waals surface area contributed by atoms with E-state index in [1.165, 1.54) is 0 Å². The Morgan fingerprint density at radius 1 is 1.26 bits per heavy atom. The number of carbonyl (C=O) groups excluding carboxylic acids is 1. The highest BCUT2D eigenvalue weighted by Gasteiger charge is 2.08. The lowest BCUT2D eigenvalue weighted by Gasteiger charge is -2.13. The predicted octanol–water partition coefficient (Wildman–Crippen LogP) is 4.30. The number of anilines is 1. The maximum atomic E-state index is 11.9. The summed E-state index contributed by atoms with van der Waals surface area (Å²) < 4.78 is 6.51. The summed E-state index contributed by atoms with van der Waals surface area (Å²) in [5.74, 6) is 0.725. The summed E-state index contributed by atoms with van der Waals surface area (Å²) in [4.78, 5) is 13.5. The number of hydrogen-bond donors (Lipinski definition) is 1. The van der Waals surface area contributed by atoms with Crippen molar-refractivity contribution in [2.45, 2.75) is 0 Å². The molecule has 1 N–H and O–H groups in total. The molecule has 2 aromatic carbocycles. The lowest BCUT2D eigenvalue weighted by molar-refractivity contribution is 0.0827. The Labute approximate surface area is 149 Å². The van der Waals surface area contributed by atoms with Gasteiger partial charge in [-0.15, -0.1) is 0 Å². The Morgan fingerprint density at radius 2 is 2.04 bits per heavy atom. The van der Waals surface area contributed by atoms with Crippen LogP contribution in [0.1, 0.15) is 10.4 Å². The van der Waals surface area contributed by atoms with E-state index in [1.54, 1.807) is 37.2 Å². The van der Waals surface area contributed by atoms with Gasteiger partial charge in [0, 0.05) is 36.9 Å². The highest BCUT2D eigenvalue weighted by molar-refractivity contribution is 9.10. The molecular formula is C17H18BrClN2O2. The third-order valence-corrected chi connectivity index (χ3v) is 3.95. The quantitative estimate of drug-likeness (QED) is 0.739. The van der Waals surface area contributed by atoms with E-state index in [9.17, 15) is 4.79 Å². The van der Waals surface area contributed by atoms with E-state index in [0.717, 1.165) is 15.9 Å². The van der Waals surface area contributed by atoms with E-state index < -0.39 is 0 Å². The molecule has 0 bridgehead atoms. The van der Waals surface area contributed by atoms with Crippen molar-refractivity contribution in [1.29, 1.82) is 0 Å². The Bertz CT molecular complexity index is 692. The molecule has 6 heteroatoms. The predicted molar refractivity (Wildman–Crippen MR) is 97.6 cm³/mol. The molecular weight excluding hydrogens is 380 g/mol. The van der Waals surface area contributed by atoms with Gasteiger partial charge in [-0.2, -0.15) is 0 Å². The average Bonchev–Trinajstić information content (AvgIpc) is 2.52. The van der Waals surface area contributed by atoms with Gasteiger partial charge in [-0.3, -0.25) is 4.79 Å².